The Morgan fingerprint density at radius 2 is 2.22 bits per heavy atom. The molecule has 0 saturated carbocycles. The van der Waals surface area contributed by atoms with E-state index in [0.29, 0.717) is 31.2 Å². The zero-order valence-electron chi connectivity index (χ0n) is 15.3. The summed E-state index contributed by atoms with van der Waals surface area (Å²) in [6.45, 7) is 2.67. The van der Waals surface area contributed by atoms with Gasteiger partial charge in [0.05, 0.1) is 0 Å². The number of piperidine rings is 1. The van der Waals surface area contributed by atoms with Gasteiger partial charge in [0.1, 0.15) is 18.0 Å². The van der Waals surface area contributed by atoms with Crippen molar-refractivity contribution in [3.8, 4) is 5.75 Å². The van der Waals surface area contributed by atoms with Crippen molar-refractivity contribution in [2.75, 3.05) is 18.4 Å². The fourth-order valence-electron chi connectivity index (χ4n) is 4.11. The summed E-state index contributed by atoms with van der Waals surface area (Å²) in [6.07, 6.45) is 1.97. The summed E-state index contributed by atoms with van der Waals surface area (Å²) in [7, 11) is 1.78. The number of para-hydroxylation sites is 1. The highest BCUT2D eigenvalue weighted by atomic mass is 16.5. The minimum atomic E-state index is -0.891. The minimum absolute atomic E-state index is 0.270. The first-order chi connectivity index (χ1) is 12.9. The number of anilines is 1. The molecule has 2 amide bonds. The van der Waals surface area contributed by atoms with Gasteiger partial charge in [-0.1, -0.05) is 18.2 Å². The lowest BCUT2D eigenvalue weighted by molar-refractivity contribution is -0.174. The number of nitrogens with zero attached hydrogens (tertiary/aromatic N) is 4. The van der Waals surface area contributed by atoms with E-state index in [1.165, 1.54) is 6.33 Å². The van der Waals surface area contributed by atoms with E-state index in [4.69, 9.17) is 10.5 Å². The molecule has 0 radical (unpaired) electrons. The lowest BCUT2D eigenvalue weighted by Gasteiger charge is -2.52. The van der Waals surface area contributed by atoms with Gasteiger partial charge in [0, 0.05) is 32.5 Å². The summed E-state index contributed by atoms with van der Waals surface area (Å²) < 4.78 is 7.81. The maximum absolute atomic E-state index is 13.1. The maximum atomic E-state index is 13.1. The number of aryl methyl sites for hydroxylation is 1. The van der Waals surface area contributed by atoms with Crippen LogP contribution < -0.4 is 15.8 Å². The van der Waals surface area contributed by atoms with Gasteiger partial charge >= 0.3 is 0 Å². The van der Waals surface area contributed by atoms with Crippen LogP contribution in [0.2, 0.25) is 0 Å². The largest absolute Gasteiger partial charge is 0.468 e. The predicted molar refractivity (Wildman–Crippen MR) is 96.7 cm³/mol. The second-order valence-electron chi connectivity index (χ2n) is 7.13. The summed E-state index contributed by atoms with van der Waals surface area (Å²) in [5, 5.41) is 7.14. The number of benzene rings is 1. The molecular formula is C18H22N6O3. The van der Waals surface area contributed by atoms with Crippen LogP contribution in [0.4, 0.5) is 5.95 Å². The summed E-state index contributed by atoms with van der Waals surface area (Å²) >= 11 is 0. The highest BCUT2D eigenvalue weighted by molar-refractivity contribution is 6.01. The summed E-state index contributed by atoms with van der Waals surface area (Å²) in [4.78, 5) is 31.0. The summed E-state index contributed by atoms with van der Waals surface area (Å²) in [6, 6.07) is 7.52. The number of rotatable bonds is 5. The lowest BCUT2D eigenvalue weighted by atomic mass is 9.73. The second-order valence-corrected chi connectivity index (χ2v) is 7.13. The average molecular weight is 370 g/mol. The van der Waals surface area contributed by atoms with Crippen molar-refractivity contribution in [3.05, 3.63) is 36.2 Å². The Morgan fingerprint density at radius 3 is 2.93 bits per heavy atom. The number of amides is 2. The van der Waals surface area contributed by atoms with Gasteiger partial charge in [0.2, 0.25) is 17.8 Å². The van der Waals surface area contributed by atoms with Crippen LogP contribution >= 0.6 is 0 Å². The molecule has 0 aliphatic carbocycles. The molecule has 142 valence electrons. The van der Waals surface area contributed by atoms with Crippen LogP contribution in [0.1, 0.15) is 24.8 Å². The molecule has 3 unspecified atom stereocenters. The van der Waals surface area contributed by atoms with Gasteiger partial charge in [-0.15, -0.1) is 0 Å². The number of aromatic nitrogens is 3. The number of ether oxygens (including phenoxy) is 1. The number of primary amides is 1. The molecular weight excluding hydrogens is 348 g/mol. The number of likely N-dealkylation sites (tertiary alicyclic amines) is 1. The predicted octanol–water partition coefficient (Wildman–Crippen LogP) is 0.453. The van der Waals surface area contributed by atoms with Crippen molar-refractivity contribution in [1.29, 1.82) is 0 Å². The third-order valence-electron chi connectivity index (χ3n) is 5.39. The first kappa shape index (κ1) is 17.3. The van der Waals surface area contributed by atoms with Crippen molar-refractivity contribution in [2.24, 2.45) is 18.7 Å². The number of fused-ring (bicyclic) bond motifs is 4. The zero-order chi connectivity index (χ0) is 19.2. The van der Waals surface area contributed by atoms with Crippen LogP contribution in [0, 0.1) is 5.92 Å². The number of carbonyl (C=O) groups is 2. The molecule has 0 spiro atoms. The fraction of sp³-hybridized carbons (Fsp3) is 0.444. The van der Waals surface area contributed by atoms with E-state index in [9.17, 15) is 9.59 Å². The molecule has 3 atom stereocenters. The minimum Gasteiger partial charge on any atom is -0.468 e. The average Bonchev–Trinajstić information content (AvgIpc) is 3.02. The molecule has 9 nitrogen and oxygen atoms in total. The fourth-order valence-corrected chi connectivity index (χ4v) is 4.11. The van der Waals surface area contributed by atoms with Crippen LogP contribution in [0.25, 0.3) is 0 Å². The van der Waals surface area contributed by atoms with Crippen molar-refractivity contribution in [1.82, 2.24) is 19.7 Å². The van der Waals surface area contributed by atoms with Crippen LogP contribution in [-0.2, 0) is 16.6 Å². The molecule has 1 fully saturated rings. The molecule has 2 bridgehead atoms. The third kappa shape index (κ3) is 2.79. The van der Waals surface area contributed by atoms with E-state index in [2.05, 4.69) is 15.4 Å². The first-order valence-corrected chi connectivity index (χ1v) is 8.87. The Hall–Kier alpha value is -3.10. The van der Waals surface area contributed by atoms with Crippen molar-refractivity contribution < 1.29 is 14.3 Å². The topological polar surface area (TPSA) is 115 Å². The van der Waals surface area contributed by atoms with Crippen molar-refractivity contribution in [2.45, 2.75) is 25.0 Å². The van der Waals surface area contributed by atoms with E-state index >= 15 is 0 Å². The van der Waals surface area contributed by atoms with E-state index < -0.39 is 17.6 Å². The molecule has 1 saturated heterocycles. The van der Waals surface area contributed by atoms with Gasteiger partial charge in [0.15, 0.2) is 5.72 Å². The SMILES string of the molecule is Cn1ncnc1NCCN1C(=O)C(C(N)=O)C2CC1(C)Oc1ccccc12. The number of nitrogens with two attached hydrogens (primary N) is 1. The van der Waals surface area contributed by atoms with E-state index in [-0.39, 0.29) is 11.8 Å². The Balaban J connectivity index is 1.61. The zero-order valence-corrected chi connectivity index (χ0v) is 15.3. The van der Waals surface area contributed by atoms with Gasteiger partial charge < -0.3 is 20.7 Å². The molecule has 9 heteroatoms. The van der Waals surface area contributed by atoms with E-state index in [0.717, 1.165) is 5.56 Å². The Morgan fingerprint density at radius 1 is 1.44 bits per heavy atom. The number of carbonyl (C=O) groups excluding carboxylic acids is 2. The normalized spacial score (nSPS) is 26.3. The number of nitrogens with one attached hydrogen (secondary N) is 1. The highest BCUT2D eigenvalue weighted by Crippen LogP contribution is 2.49. The second kappa shape index (κ2) is 6.26. The first-order valence-electron chi connectivity index (χ1n) is 8.87. The Kier molecular flexibility index (Phi) is 4.01. The molecule has 4 rings (SSSR count). The molecule has 1 aromatic carbocycles. The molecule has 2 aliphatic rings. The highest BCUT2D eigenvalue weighted by Gasteiger charge is 2.55. The number of hydrogen-bond donors (Lipinski definition) is 2. The smallest absolute Gasteiger partial charge is 0.238 e. The third-order valence-corrected chi connectivity index (χ3v) is 5.39. The quantitative estimate of drug-likeness (QED) is 0.739. The molecule has 3 N–H and O–H groups in total. The van der Waals surface area contributed by atoms with Crippen molar-refractivity contribution in [3.63, 3.8) is 0 Å². The van der Waals surface area contributed by atoms with Gasteiger partial charge in [-0.3, -0.25) is 9.59 Å². The van der Waals surface area contributed by atoms with Gasteiger partial charge in [0.25, 0.3) is 0 Å². The van der Waals surface area contributed by atoms with Crippen LogP contribution in [0.5, 0.6) is 5.75 Å². The molecule has 2 aromatic rings. The Bertz CT molecular complexity index is 897. The maximum Gasteiger partial charge on any atom is 0.238 e. The molecule has 2 aliphatic heterocycles. The monoisotopic (exact) mass is 370 g/mol. The van der Waals surface area contributed by atoms with Gasteiger partial charge in [-0.2, -0.15) is 10.1 Å². The van der Waals surface area contributed by atoms with Crippen LogP contribution in [0.3, 0.4) is 0 Å². The standard InChI is InChI=1S/C18H22N6O3/c1-18-9-12(11-5-3-4-6-13(11)27-18)14(15(19)25)16(26)24(18)8-7-20-17-21-10-22-23(17)2/h3-6,10,12,14H,7-9H2,1-2H3,(H2,19,25)(H,20,21,22). The number of hydrogen-bond acceptors (Lipinski definition) is 6. The van der Waals surface area contributed by atoms with Gasteiger partial charge in [-0.25, -0.2) is 4.68 Å². The van der Waals surface area contributed by atoms with E-state index in [1.807, 2.05) is 31.2 Å². The Labute approximate surface area is 156 Å². The van der Waals surface area contributed by atoms with E-state index in [1.54, 1.807) is 16.6 Å². The van der Waals surface area contributed by atoms with Crippen LogP contribution in [0.15, 0.2) is 30.6 Å². The molecule has 27 heavy (non-hydrogen) atoms. The van der Waals surface area contributed by atoms with Gasteiger partial charge in [-0.05, 0) is 18.6 Å². The summed E-state index contributed by atoms with van der Waals surface area (Å²) in [5.41, 5.74) is 5.65. The lowest BCUT2D eigenvalue weighted by Crippen LogP contribution is -2.65. The summed E-state index contributed by atoms with van der Waals surface area (Å²) in [5.74, 6) is -0.763. The van der Waals surface area contributed by atoms with Crippen molar-refractivity contribution >= 4 is 17.8 Å². The molecule has 3 heterocycles. The van der Waals surface area contributed by atoms with Crippen LogP contribution in [-0.4, -0.2) is 50.3 Å². The molecule has 1 aromatic heterocycles.